The maximum atomic E-state index is 13.9. The number of alkyl halides is 4. The molecule has 4 saturated carbocycles. The van der Waals surface area contributed by atoms with E-state index in [1.165, 1.54) is 57.0 Å². The summed E-state index contributed by atoms with van der Waals surface area (Å²) in [5.41, 5.74) is 0.126. The van der Waals surface area contributed by atoms with Gasteiger partial charge in [-0.2, -0.15) is 0 Å². The Morgan fingerprint density at radius 3 is 1.59 bits per heavy atom. The smallest absolute Gasteiger partial charge is 0.272 e. The van der Waals surface area contributed by atoms with E-state index in [9.17, 15) is 41.0 Å². The number of amides is 2. The third-order valence-corrected chi connectivity index (χ3v) is 16.7. The highest BCUT2D eigenvalue weighted by atomic mass is 19.3. The molecule has 4 saturated heterocycles. The number of hydrogen-bond acceptors (Lipinski definition) is 12. The summed E-state index contributed by atoms with van der Waals surface area (Å²) in [4.78, 5) is 37.8. The first kappa shape index (κ1) is 52.7. The van der Waals surface area contributed by atoms with Gasteiger partial charge in [0.15, 0.2) is 11.5 Å². The zero-order chi connectivity index (χ0) is 53.0. The van der Waals surface area contributed by atoms with Gasteiger partial charge in [0.05, 0.1) is 33.9 Å². The van der Waals surface area contributed by atoms with E-state index in [0.29, 0.717) is 56.0 Å². The van der Waals surface area contributed by atoms with Crippen LogP contribution in [0.25, 0.3) is 0 Å². The fourth-order valence-corrected chi connectivity index (χ4v) is 13.1. The molecule has 0 bridgehead atoms. The lowest BCUT2D eigenvalue weighted by molar-refractivity contribution is -0.209. The van der Waals surface area contributed by atoms with Crippen LogP contribution in [-0.4, -0.2) is 121 Å². The van der Waals surface area contributed by atoms with Crippen LogP contribution in [0.15, 0.2) is 72.8 Å². The molecule has 0 radical (unpaired) electrons. The van der Waals surface area contributed by atoms with E-state index < -0.39 is 35.3 Å². The topological polar surface area (TPSA) is 151 Å². The van der Waals surface area contributed by atoms with Crippen molar-refractivity contribution < 1.29 is 74.2 Å². The van der Waals surface area contributed by atoms with E-state index in [4.69, 9.17) is 33.2 Å². The van der Waals surface area contributed by atoms with Crippen LogP contribution in [0.4, 0.5) is 26.3 Å². The molecule has 4 atom stereocenters. The molecule has 14 nitrogen and oxygen atoms in total. The molecule has 6 heterocycles. The van der Waals surface area contributed by atoms with E-state index in [-0.39, 0.29) is 115 Å². The van der Waals surface area contributed by atoms with Crippen molar-refractivity contribution in [2.24, 2.45) is 22.7 Å². The van der Waals surface area contributed by atoms with Gasteiger partial charge in [0.1, 0.15) is 60.0 Å². The van der Waals surface area contributed by atoms with Gasteiger partial charge in [-0.15, -0.1) is 0 Å². The number of nitrogens with zero attached hydrogens (tertiary/aromatic N) is 4. The summed E-state index contributed by atoms with van der Waals surface area (Å²) in [7, 11) is 2.82. The number of hydrogen-bond donors (Lipinski definition) is 1. The summed E-state index contributed by atoms with van der Waals surface area (Å²) in [6, 6.07) is 18.6. The molecule has 404 valence electrons. The number of halogens is 6. The molecule has 4 aromatic rings. The molecule has 2 amide bonds. The van der Waals surface area contributed by atoms with Gasteiger partial charge in [0.25, 0.3) is 23.6 Å². The number of benzene rings is 2. The maximum Gasteiger partial charge on any atom is 0.272 e. The van der Waals surface area contributed by atoms with E-state index in [2.05, 4.69) is 16.9 Å². The predicted molar refractivity (Wildman–Crippen MR) is 257 cm³/mol. The molecule has 2 spiro atoms. The third-order valence-electron chi connectivity index (χ3n) is 16.7. The molecule has 0 unspecified atom stereocenters. The highest BCUT2D eigenvalue weighted by Gasteiger charge is 2.62. The zero-order valence-corrected chi connectivity index (χ0v) is 42.1. The molecule has 20 heteroatoms. The number of aromatic nitrogens is 2. The number of carbonyl (C=O) groups is 2. The van der Waals surface area contributed by atoms with Crippen LogP contribution in [-0.2, 0) is 30.1 Å². The molecule has 75 heavy (non-hydrogen) atoms. The minimum Gasteiger partial charge on any atom is -0.503 e. The number of fused-ring (bicyclic) bond motifs is 2. The van der Waals surface area contributed by atoms with Gasteiger partial charge in [0, 0.05) is 51.6 Å². The SMILES string of the molecule is CCC1CC2(C1)CC(F)(F)C2.COc1nc(C(=O)N2CC[C@]3(c4cccc(F)c4)OCO[C@@H]3C2)ccc1O.COc1nc(C(=O)N2CC[C@]3(c4cccc(F)c4)OCO[C@@H]3C2)ccc1OCC1CC2(C1)CC(F)(F)C2. The van der Waals surface area contributed by atoms with Crippen molar-refractivity contribution in [2.45, 2.75) is 113 Å². The lowest BCUT2D eigenvalue weighted by Gasteiger charge is -2.57. The largest absolute Gasteiger partial charge is 0.503 e. The number of aromatic hydroxyl groups is 1. The van der Waals surface area contributed by atoms with Gasteiger partial charge in [-0.1, -0.05) is 37.6 Å². The van der Waals surface area contributed by atoms with Crippen molar-refractivity contribution in [1.29, 1.82) is 0 Å². The summed E-state index contributed by atoms with van der Waals surface area (Å²) in [5.74, 6) is -4.62. The molecule has 12 rings (SSSR count). The number of pyridine rings is 2. The first-order valence-corrected chi connectivity index (χ1v) is 25.6. The molecular weight excluding hydrogens is 991 g/mol. The summed E-state index contributed by atoms with van der Waals surface area (Å²) in [6.07, 6.45) is 5.21. The number of piperidine rings is 2. The Labute approximate surface area is 430 Å². The Kier molecular flexibility index (Phi) is 14.3. The Balaban J connectivity index is 0.000000146. The second kappa shape index (κ2) is 20.3. The van der Waals surface area contributed by atoms with Crippen molar-refractivity contribution in [3.63, 3.8) is 0 Å². The van der Waals surface area contributed by atoms with Crippen LogP contribution >= 0.6 is 0 Å². The quantitative estimate of drug-likeness (QED) is 0.151. The van der Waals surface area contributed by atoms with Crippen molar-refractivity contribution >= 4 is 11.8 Å². The van der Waals surface area contributed by atoms with Gasteiger partial charge in [-0.05, 0) is 108 Å². The fraction of sp³-hybridized carbons (Fsp3) is 0.564. The Bertz CT molecular complexity index is 2740. The average molecular weight is 1050 g/mol. The van der Waals surface area contributed by atoms with Crippen LogP contribution < -0.4 is 14.2 Å². The van der Waals surface area contributed by atoms with Crippen LogP contribution in [0, 0.1) is 34.3 Å². The normalized spacial score (nSPS) is 27.4. The standard InChI is InChI=1S/C27H29F3N2O5.C19H19FN2O5.C9H14F2/c1-34-23-21(35-13-17-10-25(11-17)14-26(29,30)15-25)6-5-20(31-23)24(33)32-8-7-27(22(12-32)36-16-37-27)18-3-2-4-19(28)9-18;1-25-17-15(23)6-5-14(21-17)18(24)22-8-7-19(16(10-22)26-11-27-19)12-3-2-4-13(20)9-12;1-2-7-3-8(4-7)5-9(10,11)6-8/h2-6,9,17,22H,7-8,10-16H2,1H3;2-6,9,16,23H,7-8,10-11H2,1H3;7H,2-6H2,1H3/t22-,27-;16-,19-;/m11./s1. The number of likely N-dealkylation sites (tertiary alicyclic amines) is 2. The summed E-state index contributed by atoms with van der Waals surface area (Å²) in [5, 5.41) is 9.65. The fourth-order valence-electron chi connectivity index (χ4n) is 13.1. The van der Waals surface area contributed by atoms with Crippen LogP contribution in [0.1, 0.15) is 110 Å². The van der Waals surface area contributed by atoms with Gasteiger partial charge < -0.3 is 48.1 Å². The molecule has 4 aliphatic carbocycles. The van der Waals surface area contributed by atoms with Crippen LogP contribution in [0.2, 0.25) is 0 Å². The minimum absolute atomic E-state index is 0.00702. The molecule has 2 aromatic carbocycles. The number of ether oxygens (including phenoxy) is 7. The number of rotatable bonds is 10. The Hall–Kier alpha value is -5.70. The molecule has 8 fully saturated rings. The number of methoxy groups -OCH3 is 2. The van der Waals surface area contributed by atoms with Crippen molar-refractivity contribution in [1.82, 2.24) is 19.8 Å². The molecular formula is C55H62F6N4O10. The second-order valence-corrected chi connectivity index (χ2v) is 21.8. The molecule has 2 aromatic heterocycles. The van der Waals surface area contributed by atoms with Crippen molar-refractivity contribution in [2.75, 3.05) is 60.6 Å². The average Bonchev–Trinajstić information content (AvgIpc) is 4.01. The number of carbonyl (C=O) groups excluding carboxylic acids is 2. The van der Waals surface area contributed by atoms with E-state index in [1.54, 1.807) is 34.1 Å². The lowest BCUT2D eigenvalue weighted by atomic mass is 9.50. The van der Waals surface area contributed by atoms with Crippen LogP contribution in [0.3, 0.4) is 0 Å². The zero-order valence-electron chi connectivity index (χ0n) is 42.1. The first-order chi connectivity index (χ1) is 35.8. The van der Waals surface area contributed by atoms with E-state index in [1.807, 2.05) is 12.1 Å². The van der Waals surface area contributed by atoms with Gasteiger partial charge in [0.2, 0.25) is 11.8 Å². The lowest BCUT2D eigenvalue weighted by Crippen LogP contribution is -2.54. The van der Waals surface area contributed by atoms with Crippen molar-refractivity contribution in [3.8, 4) is 23.3 Å². The Morgan fingerprint density at radius 1 is 0.667 bits per heavy atom. The molecule has 4 aliphatic heterocycles. The second-order valence-electron chi connectivity index (χ2n) is 21.8. The van der Waals surface area contributed by atoms with Crippen LogP contribution in [0.5, 0.6) is 23.3 Å². The maximum absolute atomic E-state index is 13.9. The van der Waals surface area contributed by atoms with Gasteiger partial charge >= 0.3 is 0 Å². The van der Waals surface area contributed by atoms with E-state index >= 15 is 0 Å². The summed E-state index contributed by atoms with van der Waals surface area (Å²) in [6.45, 7) is 4.07. The summed E-state index contributed by atoms with van der Waals surface area (Å²) < 4.78 is 119. The summed E-state index contributed by atoms with van der Waals surface area (Å²) >= 11 is 0. The predicted octanol–water partition coefficient (Wildman–Crippen LogP) is 9.82. The highest BCUT2D eigenvalue weighted by Crippen LogP contribution is 2.66. The molecule has 1 N–H and O–H groups in total. The Morgan fingerprint density at radius 2 is 1.13 bits per heavy atom. The highest BCUT2D eigenvalue weighted by molar-refractivity contribution is 5.93. The van der Waals surface area contributed by atoms with Crippen molar-refractivity contribution in [3.05, 3.63) is 107 Å². The monoisotopic (exact) mass is 1050 g/mol. The first-order valence-electron chi connectivity index (χ1n) is 25.6. The minimum atomic E-state index is -2.51. The van der Waals surface area contributed by atoms with Gasteiger partial charge in [-0.25, -0.2) is 36.3 Å². The van der Waals surface area contributed by atoms with Gasteiger partial charge in [-0.3, -0.25) is 9.59 Å². The third kappa shape index (κ3) is 10.5. The van der Waals surface area contributed by atoms with E-state index in [0.717, 1.165) is 31.6 Å². The molecule has 8 aliphatic rings.